The standard InChI is InChI=1S/C35H58O4/c1-22(9-10-25(37)30(39)26(38)21-36)23-13-18-32(4)24(23)14-19-34(6)28(32)11-12-29-33(5)17-8-16-31(2,3)27(33)15-20-35(29,34)7/h11-12,15,20,22-30,36-39H,8-10,13-14,16-19,21H2,1-7H3/t22?,23-,24+,25?,26?,27+,28-,29-,30?,32+,33+,34-,35-/m1/s1. The van der Waals surface area contributed by atoms with Gasteiger partial charge < -0.3 is 20.4 Å². The first-order valence-corrected chi connectivity index (χ1v) is 16.2. The largest absolute Gasteiger partial charge is 0.394 e. The maximum absolute atomic E-state index is 10.4. The van der Waals surface area contributed by atoms with Crippen molar-refractivity contribution >= 4 is 0 Å². The fourth-order valence-corrected chi connectivity index (χ4v) is 11.8. The smallest absolute Gasteiger partial charge is 0.108 e. The van der Waals surface area contributed by atoms with Crippen LogP contribution in [0.4, 0.5) is 0 Å². The van der Waals surface area contributed by atoms with E-state index in [1.165, 1.54) is 44.9 Å². The summed E-state index contributed by atoms with van der Waals surface area (Å²) in [5.74, 6) is 3.61. The van der Waals surface area contributed by atoms with Crippen LogP contribution >= 0.6 is 0 Å². The van der Waals surface area contributed by atoms with E-state index < -0.39 is 24.9 Å². The van der Waals surface area contributed by atoms with Crippen molar-refractivity contribution in [1.82, 2.24) is 0 Å². The maximum atomic E-state index is 10.4. The van der Waals surface area contributed by atoms with Crippen LogP contribution in [0.3, 0.4) is 0 Å². The molecule has 13 atom stereocenters. The molecule has 0 spiro atoms. The fraction of sp³-hybridized carbons (Fsp3) is 0.886. The number of hydrogen-bond donors (Lipinski definition) is 4. The topological polar surface area (TPSA) is 80.9 Å². The van der Waals surface area contributed by atoms with E-state index in [0.29, 0.717) is 58.2 Å². The van der Waals surface area contributed by atoms with E-state index in [0.717, 1.165) is 6.42 Å². The van der Waals surface area contributed by atoms with Crippen molar-refractivity contribution in [3.8, 4) is 0 Å². The molecule has 3 saturated carbocycles. The molecule has 5 rings (SSSR count). The molecule has 0 amide bonds. The van der Waals surface area contributed by atoms with Crippen molar-refractivity contribution in [3.05, 3.63) is 24.3 Å². The van der Waals surface area contributed by atoms with E-state index in [-0.39, 0.29) is 10.8 Å². The molecule has 222 valence electrons. The highest BCUT2D eigenvalue weighted by Crippen LogP contribution is 2.75. The van der Waals surface area contributed by atoms with E-state index in [1.54, 1.807) is 0 Å². The van der Waals surface area contributed by atoms with E-state index in [4.69, 9.17) is 5.11 Å². The van der Waals surface area contributed by atoms with Crippen molar-refractivity contribution in [2.75, 3.05) is 6.61 Å². The summed E-state index contributed by atoms with van der Waals surface area (Å²) in [6.45, 7) is 17.3. The molecule has 4 unspecified atom stereocenters. The van der Waals surface area contributed by atoms with Gasteiger partial charge in [-0.2, -0.15) is 0 Å². The highest BCUT2D eigenvalue weighted by atomic mass is 16.4. The van der Waals surface area contributed by atoms with Crippen LogP contribution in [0, 0.1) is 62.6 Å². The van der Waals surface area contributed by atoms with Gasteiger partial charge in [0.25, 0.3) is 0 Å². The highest BCUT2D eigenvalue weighted by Gasteiger charge is 2.68. The minimum atomic E-state index is -1.28. The summed E-state index contributed by atoms with van der Waals surface area (Å²) in [5.41, 5.74) is 1.42. The van der Waals surface area contributed by atoms with Crippen LogP contribution in [-0.4, -0.2) is 45.3 Å². The number of allylic oxidation sites excluding steroid dienone is 4. The zero-order valence-corrected chi connectivity index (χ0v) is 25.9. The SMILES string of the molecule is CC(CCC(O)C(O)C(O)CO)[C@H]1CC[C@]2(C)[C@H]3C=C[C@@H]4[C@@]5(C)CCCC(C)(C)[C@@H]5C=C[C@@]4(C)[C@]3(C)CC[C@@H]12. The Bertz CT molecular complexity index is 972. The minimum absolute atomic E-state index is 0.177. The molecule has 5 aliphatic rings. The maximum Gasteiger partial charge on any atom is 0.108 e. The van der Waals surface area contributed by atoms with Gasteiger partial charge in [-0.25, -0.2) is 0 Å². The van der Waals surface area contributed by atoms with E-state index in [1.807, 2.05) is 0 Å². The van der Waals surface area contributed by atoms with Crippen molar-refractivity contribution in [2.45, 2.75) is 125 Å². The Morgan fingerprint density at radius 1 is 0.744 bits per heavy atom. The lowest BCUT2D eigenvalue weighted by atomic mass is 9.35. The molecule has 0 saturated heterocycles. The van der Waals surface area contributed by atoms with E-state index in [9.17, 15) is 15.3 Å². The Labute approximate surface area is 238 Å². The lowest BCUT2D eigenvalue weighted by Gasteiger charge is -2.69. The first-order chi connectivity index (χ1) is 18.2. The molecular weight excluding hydrogens is 484 g/mol. The average molecular weight is 543 g/mol. The summed E-state index contributed by atoms with van der Waals surface area (Å²) in [5, 5.41) is 39.4. The number of aliphatic hydroxyl groups excluding tert-OH is 4. The molecule has 4 N–H and O–H groups in total. The van der Waals surface area contributed by atoms with E-state index in [2.05, 4.69) is 72.8 Å². The molecule has 5 aliphatic carbocycles. The Balaban J connectivity index is 1.37. The van der Waals surface area contributed by atoms with Gasteiger partial charge in [-0.1, -0.05) is 79.2 Å². The second-order valence-electron chi connectivity index (χ2n) is 16.4. The quantitative estimate of drug-likeness (QED) is 0.276. The Morgan fingerprint density at radius 3 is 2.13 bits per heavy atom. The van der Waals surface area contributed by atoms with Gasteiger partial charge in [0.1, 0.15) is 12.2 Å². The summed E-state index contributed by atoms with van der Waals surface area (Å²) in [4.78, 5) is 0. The van der Waals surface area contributed by atoms with Crippen LogP contribution in [0.2, 0.25) is 0 Å². The normalized spacial score (nSPS) is 49.3. The van der Waals surface area contributed by atoms with E-state index >= 15 is 0 Å². The molecule has 0 heterocycles. The van der Waals surface area contributed by atoms with Gasteiger partial charge in [-0.05, 0) is 114 Å². The molecule has 0 aliphatic heterocycles. The van der Waals surface area contributed by atoms with Gasteiger partial charge in [0.2, 0.25) is 0 Å². The van der Waals surface area contributed by atoms with Crippen LogP contribution < -0.4 is 0 Å². The van der Waals surface area contributed by atoms with Gasteiger partial charge in [-0.15, -0.1) is 0 Å². The van der Waals surface area contributed by atoms with Gasteiger partial charge in [-0.3, -0.25) is 0 Å². The second-order valence-corrected chi connectivity index (χ2v) is 16.4. The molecule has 0 aromatic carbocycles. The van der Waals surface area contributed by atoms with Gasteiger partial charge in [0.15, 0.2) is 0 Å². The molecule has 3 fully saturated rings. The summed E-state index contributed by atoms with van der Waals surface area (Å²) in [7, 11) is 0. The molecular formula is C35H58O4. The summed E-state index contributed by atoms with van der Waals surface area (Å²) in [6, 6.07) is 0. The monoisotopic (exact) mass is 542 g/mol. The number of aliphatic hydroxyl groups is 4. The Morgan fingerprint density at radius 2 is 1.44 bits per heavy atom. The van der Waals surface area contributed by atoms with Crippen molar-refractivity contribution in [1.29, 1.82) is 0 Å². The third kappa shape index (κ3) is 4.28. The second kappa shape index (κ2) is 9.96. The molecule has 4 heteroatoms. The van der Waals surface area contributed by atoms with Gasteiger partial charge in [0, 0.05) is 0 Å². The first-order valence-electron chi connectivity index (χ1n) is 16.2. The molecule has 0 aromatic rings. The Kier molecular flexibility index (Phi) is 7.61. The van der Waals surface area contributed by atoms with Crippen LogP contribution in [0.25, 0.3) is 0 Å². The minimum Gasteiger partial charge on any atom is -0.394 e. The Hall–Kier alpha value is -0.680. The van der Waals surface area contributed by atoms with Crippen molar-refractivity contribution in [2.24, 2.45) is 62.6 Å². The third-order valence-corrected chi connectivity index (χ3v) is 14.2. The number of rotatable bonds is 7. The third-order valence-electron chi connectivity index (χ3n) is 14.2. The van der Waals surface area contributed by atoms with Crippen LogP contribution in [-0.2, 0) is 0 Å². The van der Waals surface area contributed by atoms with Crippen LogP contribution in [0.5, 0.6) is 0 Å². The molecule has 4 nitrogen and oxygen atoms in total. The highest BCUT2D eigenvalue weighted by molar-refractivity contribution is 5.32. The molecule has 0 aromatic heterocycles. The molecule has 0 bridgehead atoms. The average Bonchev–Trinajstić information content (AvgIpc) is 3.23. The predicted molar refractivity (Wildman–Crippen MR) is 158 cm³/mol. The van der Waals surface area contributed by atoms with Crippen LogP contribution in [0.1, 0.15) is 106 Å². The number of hydrogen-bond acceptors (Lipinski definition) is 4. The van der Waals surface area contributed by atoms with Gasteiger partial charge >= 0.3 is 0 Å². The fourth-order valence-electron chi connectivity index (χ4n) is 11.8. The summed E-state index contributed by atoms with van der Waals surface area (Å²) in [6.07, 6.45) is 17.6. The predicted octanol–water partition coefficient (Wildman–Crippen LogP) is 6.52. The zero-order valence-electron chi connectivity index (χ0n) is 25.9. The van der Waals surface area contributed by atoms with Crippen molar-refractivity contribution < 1.29 is 20.4 Å². The number of fused-ring (bicyclic) bond motifs is 7. The zero-order chi connectivity index (χ0) is 28.6. The molecule has 39 heavy (non-hydrogen) atoms. The van der Waals surface area contributed by atoms with Gasteiger partial charge in [0.05, 0.1) is 12.7 Å². The lowest BCUT2D eigenvalue weighted by molar-refractivity contribution is -0.148. The van der Waals surface area contributed by atoms with Crippen molar-refractivity contribution in [3.63, 3.8) is 0 Å². The first kappa shape index (κ1) is 29.8. The summed E-state index contributed by atoms with van der Waals surface area (Å²) >= 11 is 0. The van der Waals surface area contributed by atoms with Crippen LogP contribution in [0.15, 0.2) is 24.3 Å². The summed E-state index contributed by atoms with van der Waals surface area (Å²) < 4.78 is 0. The molecule has 0 radical (unpaired) electrons. The lowest BCUT2D eigenvalue weighted by Crippen LogP contribution is -2.62.